The molecule has 0 saturated carbocycles. The first kappa shape index (κ1) is 11.4. The molecule has 84 valence electrons. The van der Waals surface area contributed by atoms with E-state index in [1.807, 2.05) is 0 Å². The third-order valence-electron chi connectivity index (χ3n) is 1.59. The number of H-pyrrole nitrogens is 1. The lowest BCUT2D eigenvalue weighted by Crippen LogP contribution is -2.20. The van der Waals surface area contributed by atoms with Crippen molar-refractivity contribution in [2.75, 3.05) is 7.11 Å². The first-order valence-electron chi connectivity index (χ1n) is 3.87. The Bertz CT molecular complexity index is 411. The quantitative estimate of drug-likeness (QED) is 0.828. The molecule has 1 heterocycles. The number of aromatic nitrogens is 1. The zero-order valence-electron chi connectivity index (χ0n) is 7.94. The van der Waals surface area contributed by atoms with Crippen molar-refractivity contribution in [3.05, 3.63) is 22.0 Å². The van der Waals surface area contributed by atoms with Crippen LogP contribution in [0.1, 0.15) is 5.56 Å². The molecule has 0 atom stereocenters. The number of hydrogen-bond donors (Lipinski definition) is 1. The maximum Gasteiger partial charge on any atom is 0.573 e. The van der Waals surface area contributed by atoms with Crippen LogP contribution in [0.2, 0.25) is 0 Å². The van der Waals surface area contributed by atoms with Gasteiger partial charge in [-0.05, 0) is 13.0 Å². The number of nitrogens with one attached hydrogen (secondary N) is 1. The molecule has 0 aliphatic heterocycles. The van der Waals surface area contributed by atoms with Crippen LogP contribution in [0.25, 0.3) is 0 Å². The Hall–Kier alpha value is -1.66. The number of pyridine rings is 1. The fraction of sp³-hybridized carbons (Fsp3) is 0.375. The summed E-state index contributed by atoms with van der Waals surface area (Å²) in [6.45, 7) is 1.36. The van der Waals surface area contributed by atoms with Gasteiger partial charge in [0.2, 0.25) is 5.88 Å². The summed E-state index contributed by atoms with van der Waals surface area (Å²) in [5, 5.41) is 0. The second-order valence-corrected chi connectivity index (χ2v) is 2.73. The number of rotatable bonds is 2. The molecule has 0 bridgehead atoms. The van der Waals surface area contributed by atoms with E-state index >= 15 is 0 Å². The van der Waals surface area contributed by atoms with Gasteiger partial charge in [0.05, 0.1) is 7.11 Å². The summed E-state index contributed by atoms with van der Waals surface area (Å²) in [5.41, 5.74) is -0.420. The van der Waals surface area contributed by atoms with Crippen molar-refractivity contribution in [2.24, 2.45) is 0 Å². The molecular formula is C8H8F3NO3. The number of methoxy groups -OCH3 is 1. The predicted octanol–water partition coefficient (Wildman–Crippen LogP) is 1.59. The highest BCUT2D eigenvalue weighted by Gasteiger charge is 2.32. The van der Waals surface area contributed by atoms with Crippen LogP contribution in [0.5, 0.6) is 11.6 Å². The van der Waals surface area contributed by atoms with Gasteiger partial charge < -0.3 is 9.47 Å². The molecule has 0 aliphatic carbocycles. The topological polar surface area (TPSA) is 51.3 Å². The van der Waals surface area contributed by atoms with Crippen molar-refractivity contribution < 1.29 is 22.6 Å². The lowest BCUT2D eigenvalue weighted by atomic mass is 10.3. The summed E-state index contributed by atoms with van der Waals surface area (Å²) < 4.78 is 44.0. The zero-order chi connectivity index (χ0) is 11.6. The number of hydrogen-bond acceptors (Lipinski definition) is 3. The number of ether oxygens (including phenoxy) is 2. The van der Waals surface area contributed by atoms with E-state index in [4.69, 9.17) is 0 Å². The monoisotopic (exact) mass is 223 g/mol. The van der Waals surface area contributed by atoms with Gasteiger partial charge in [0.1, 0.15) is 0 Å². The van der Waals surface area contributed by atoms with E-state index in [-0.39, 0.29) is 11.4 Å². The molecular weight excluding hydrogens is 215 g/mol. The van der Waals surface area contributed by atoms with Crippen molar-refractivity contribution in [1.82, 2.24) is 4.98 Å². The number of alkyl halides is 3. The summed E-state index contributed by atoms with van der Waals surface area (Å²) >= 11 is 0. The van der Waals surface area contributed by atoms with Gasteiger partial charge in [-0.15, -0.1) is 13.2 Å². The summed E-state index contributed by atoms with van der Waals surface area (Å²) in [7, 11) is 1.13. The Morgan fingerprint density at radius 3 is 2.47 bits per heavy atom. The lowest BCUT2D eigenvalue weighted by molar-refractivity contribution is -0.275. The standard InChI is InChI=1S/C8H8F3NO3/c1-4-3-5(15-8(9,10)11)7(14-2)12-6(4)13/h3H,1-2H3,(H,12,13). The van der Waals surface area contributed by atoms with Crippen molar-refractivity contribution in [3.8, 4) is 11.6 Å². The van der Waals surface area contributed by atoms with Gasteiger partial charge >= 0.3 is 6.36 Å². The Morgan fingerprint density at radius 2 is 2.00 bits per heavy atom. The molecule has 0 fully saturated rings. The van der Waals surface area contributed by atoms with E-state index in [0.717, 1.165) is 13.2 Å². The minimum absolute atomic E-state index is 0.107. The van der Waals surface area contributed by atoms with Gasteiger partial charge in [-0.1, -0.05) is 0 Å². The molecule has 1 aromatic heterocycles. The second kappa shape index (κ2) is 3.84. The van der Waals surface area contributed by atoms with Crippen LogP contribution < -0.4 is 15.0 Å². The van der Waals surface area contributed by atoms with Crippen LogP contribution in [0.4, 0.5) is 13.2 Å². The van der Waals surface area contributed by atoms with E-state index in [0.29, 0.717) is 0 Å². The fourth-order valence-electron chi connectivity index (χ4n) is 0.943. The zero-order valence-corrected chi connectivity index (χ0v) is 7.94. The SMILES string of the molecule is COc1[nH]c(=O)c(C)cc1OC(F)(F)F. The highest BCUT2D eigenvalue weighted by atomic mass is 19.4. The molecule has 0 unspecified atom stereocenters. The Labute approximate surface area is 82.6 Å². The van der Waals surface area contributed by atoms with Gasteiger partial charge in [-0.3, -0.25) is 9.78 Å². The molecule has 1 aromatic rings. The molecule has 0 aliphatic rings. The van der Waals surface area contributed by atoms with Crippen molar-refractivity contribution in [3.63, 3.8) is 0 Å². The van der Waals surface area contributed by atoms with Gasteiger partial charge in [0, 0.05) is 5.56 Å². The maximum atomic E-state index is 11.9. The van der Waals surface area contributed by atoms with E-state index < -0.39 is 17.7 Å². The van der Waals surface area contributed by atoms with Gasteiger partial charge in [-0.2, -0.15) is 0 Å². The smallest absolute Gasteiger partial charge is 0.480 e. The molecule has 1 rings (SSSR count). The highest BCUT2D eigenvalue weighted by Crippen LogP contribution is 2.29. The molecule has 0 amide bonds. The Kier molecular flexibility index (Phi) is 2.92. The minimum Gasteiger partial charge on any atom is -0.480 e. The van der Waals surface area contributed by atoms with Gasteiger partial charge in [-0.25, -0.2) is 0 Å². The molecule has 0 spiro atoms. The molecule has 0 saturated heterocycles. The highest BCUT2D eigenvalue weighted by molar-refractivity contribution is 5.36. The molecule has 4 nitrogen and oxygen atoms in total. The van der Waals surface area contributed by atoms with Crippen LogP contribution in [-0.2, 0) is 0 Å². The largest absolute Gasteiger partial charge is 0.573 e. The van der Waals surface area contributed by atoms with E-state index in [1.165, 1.54) is 6.92 Å². The first-order valence-corrected chi connectivity index (χ1v) is 3.87. The normalized spacial score (nSPS) is 11.3. The van der Waals surface area contributed by atoms with E-state index in [2.05, 4.69) is 14.5 Å². The first-order chi connectivity index (χ1) is 6.83. The fourth-order valence-corrected chi connectivity index (χ4v) is 0.943. The second-order valence-electron chi connectivity index (χ2n) is 2.73. The van der Waals surface area contributed by atoms with Crippen LogP contribution in [0, 0.1) is 6.92 Å². The lowest BCUT2D eigenvalue weighted by Gasteiger charge is -2.12. The van der Waals surface area contributed by atoms with Crippen molar-refractivity contribution in [2.45, 2.75) is 13.3 Å². The van der Waals surface area contributed by atoms with E-state index in [1.54, 1.807) is 0 Å². The molecule has 15 heavy (non-hydrogen) atoms. The Morgan fingerprint density at radius 1 is 1.40 bits per heavy atom. The summed E-state index contributed by atoms with van der Waals surface area (Å²) in [5.74, 6) is -0.926. The average Bonchev–Trinajstić information content (AvgIpc) is 2.08. The predicted molar refractivity (Wildman–Crippen MR) is 45.0 cm³/mol. The molecule has 7 heteroatoms. The Balaban J connectivity index is 3.16. The number of aromatic amines is 1. The number of aryl methyl sites for hydroxylation is 1. The van der Waals surface area contributed by atoms with Crippen LogP contribution >= 0.6 is 0 Å². The molecule has 1 N–H and O–H groups in total. The molecule has 0 radical (unpaired) electrons. The minimum atomic E-state index is -4.82. The van der Waals surface area contributed by atoms with Gasteiger partial charge in [0.25, 0.3) is 5.56 Å². The van der Waals surface area contributed by atoms with E-state index in [9.17, 15) is 18.0 Å². The van der Waals surface area contributed by atoms with Crippen molar-refractivity contribution >= 4 is 0 Å². The average molecular weight is 223 g/mol. The molecule has 0 aromatic carbocycles. The summed E-state index contributed by atoms with van der Waals surface area (Å²) in [6, 6.07) is 0.963. The summed E-state index contributed by atoms with van der Waals surface area (Å²) in [6.07, 6.45) is -4.82. The number of halogens is 3. The third-order valence-corrected chi connectivity index (χ3v) is 1.59. The third kappa shape index (κ3) is 2.90. The van der Waals surface area contributed by atoms with Gasteiger partial charge in [0.15, 0.2) is 5.75 Å². The van der Waals surface area contributed by atoms with Crippen molar-refractivity contribution in [1.29, 1.82) is 0 Å². The summed E-state index contributed by atoms with van der Waals surface area (Å²) in [4.78, 5) is 13.2. The van der Waals surface area contributed by atoms with Crippen LogP contribution in [-0.4, -0.2) is 18.5 Å². The van der Waals surface area contributed by atoms with Crippen LogP contribution in [0.15, 0.2) is 10.9 Å². The van der Waals surface area contributed by atoms with Crippen LogP contribution in [0.3, 0.4) is 0 Å². The maximum absolute atomic E-state index is 11.9.